The van der Waals surface area contributed by atoms with Crippen molar-refractivity contribution in [2.75, 3.05) is 6.54 Å². The van der Waals surface area contributed by atoms with Crippen molar-refractivity contribution < 1.29 is 13.2 Å². The molecule has 0 aliphatic carbocycles. The highest BCUT2D eigenvalue weighted by Gasteiger charge is 2.37. The van der Waals surface area contributed by atoms with Gasteiger partial charge in [-0.25, -0.2) is 0 Å². The average molecular weight is 383 g/mol. The first-order valence-corrected chi connectivity index (χ1v) is 10.5. The fraction of sp³-hybridized carbons (Fsp3) is 0.300. The Morgan fingerprint density at radius 3 is 2.63 bits per heavy atom. The average Bonchev–Trinajstić information content (AvgIpc) is 2.98. The van der Waals surface area contributed by atoms with Crippen LogP contribution < -0.4 is 5.32 Å². The highest BCUT2D eigenvalue weighted by atomic mass is 32.2. The monoisotopic (exact) mass is 383 g/mol. The third kappa shape index (κ3) is 3.47. The molecule has 2 aromatic carbocycles. The number of hydrogen-bond acceptors (Lipinski definition) is 4. The molecule has 0 aromatic heterocycles. The summed E-state index contributed by atoms with van der Waals surface area (Å²) in [5, 5.41) is 2.98. The number of likely N-dealkylation sites (tertiary alicyclic amines) is 1. The van der Waals surface area contributed by atoms with Crippen LogP contribution in [0.5, 0.6) is 0 Å². The summed E-state index contributed by atoms with van der Waals surface area (Å²) in [5.41, 5.74) is 1.61. The van der Waals surface area contributed by atoms with Gasteiger partial charge in [-0.2, -0.15) is 8.42 Å². The molecule has 1 atom stereocenters. The van der Waals surface area contributed by atoms with E-state index in [1.165, 1.54) is 0 Å². The summed E-state index contributed by atoms with van der Waals surface area (Å²) >= 11 is 0. The lowest BCUT2D eigenvalue weighted by molar-refractivity contribution is -0.126. The minimum atomic E-state index is -3.69. The molecule has 6 nitrogen and oxygen atoms in total. The number of carbonyl (C=O) groups excluding carboxylic acids is 1. The SMILES string of the molecule is O=C(NCc1ccccc1)[C@H]1CCCCN1C1=NS(=O)(=O)c2ccccc21. The number of carbonyl (C=O) groups is 1. The summed E-state index contributed by atoms with van der Waals surface area (Å²) in [5.74, 6) is 0.299. The van der Waals surface area contributed by atoms with Gasteiger partial charge < -0.3 is 10.2 Å². The minimum absolute atomic E-state index is 0.0944. The molecule has 27 heavy (non-hydrogen) atoms. The lowest BCUT2D eigenvalue weighted by Crippen LogP contribution is -2.51. The second-order valence-corrected chi connectivity index (χ2v) is 8.37. The second kappa shape index (κ2) is 7.15. The predicted molar refractivity (Wildman–Crippen MR) is 103 cm³/mol. The first kappa shape index (κ1) is 17.7. The molecule has 7 heteroatoms. The van der Waals surface area contributed by atoms with Crippen molar-refractivity contribution >= 4 is 21.8 Å². The van der Waals surface area contributed by atoms with Crippen LogP contribution in [0.3, 0.4) is 0 Å². The summed E-state index contributed by atoms with van der Waals surface area (Å²) in [4.78, 5) is 14.9. The summed E-state index contributed by atoms with van der Waals surface area (Å²) in [6.07, 6.45) is 2.52. The van der Waals surface area contributed by atoms with Crippen molar-refractivity contribution in [3.05, 3.63) is 65.7 Å². The van der Waals surface area contributed by atoms with Crippen LogP contribution in [0.1, 0.15) is 30.4 Å². The van der Waals surface area contributed by atoms with Gasteiger partial charge in [0.05, 0.1) is 0 Å². The van der Waals surface area contributed by atoms with Crippen molar-refractivity contribution in [1.82, 2.24) is 10.2 Å². The lowest BCUT2D eigenvalue weighted by atomic mass is 9.99. The Balaban J connectivity index is 1.57. The maximum Gasteiger partial charge on any atom is 0.285 e. The summed E-state index contributed by atoms with van der Waals surface area (Å²) < 4.78 is 28.8. The Morgan fingerprint density at radius 2 is 1.81 bits per heavy atom. The molecular weight excluding hydrogens is 362 g/mol. The fourth-order valence-electron chi connectivity index (χ4n) is 3.66. The van der Waals surface area contributed by atoms with E-state index < -0.39 is 16.1 Å². The largest absolute Gasteiger partial charge is 0.350 e. The molecule has 0 spiro atoms. The van der Waals surface area contributed by atoms with E-state index in [4.69, 9.17) is 0 Å². The van der Waals surface area contributed by atoms with Crippen LogP contribution in [0.2, 0.25) is 0 Å². The number of fused-ring (bicyclic) bond motifs is 1. The predicted octanol–water partition coefficient (Wildman–Crippen LogP) is 2.31. The number of nitrogens with zero attached hydrogens (tertiary/aromatic N) is 2. The molecule has 0 bridgehead atoms. The van der Waals surface area contributed by atoms with Gasteiger partial charge in [0.1, 0.15) is 10.9 Å². The second-order valence-electron chi connectivity index (χ2n) is 6.79. The molecule has 4 rings (SSSR count). The van der Waals surface area contributed by atoms with E-state index in [9.17, 15) is 13.2 Å². The van der Waals surface area contributed by atoms with Crippen LogP contribution in [-0.2, 0) is 21.4 Å². The molecule has 0 radical (unpaired) electrons. The quantitative estimate of drug-likeness (QED) is 0.882. The third-order valence-corrected chi connectivity index (χ3v) is 6.32. The number of nitrogens with one attached hydrogen (secondary N) is 1. The van der Waals surface area contributed by atoms with Gasteiger partial charge in [0.25, 0.3) is 10.0 Å². The number of hydrogen-bond donors (Lipinski definition) is 1. The Labute approximate surface area is 159 Å². The summed E-state index contributed by atoms with van der Waals surface area (Å²) in [6.45, 7) is 1.07. The van der Waals surface area contributed by atoms with Crippen LogP contribution in [-0.4, -0.2) is 37.6 Å². The van der Waals surface area contributed by atoms with Gasteiger partial charge in [0.15, 0.2) is 5.84 Å². The van der Waals surface area contributed by atoms with Gasteiger partial charge in [-0.15, -0.1) is 4.40 Å². The molecule has 1 amide bonds. The third-order valence-electron chi connectivity index (χ3n) is 5.00. The zero-order valence-corrected chi connectivity index (χ0v) is 15.7. The molecule has 1 saturated heterocycles. The number of rotatable bonds is 3. The van der Waals surface area contributed by atoms with E-state index in [1.54, 1.807) is 24.3 Å². The number of amidine groups is 1. The molecule has 1 N–H and O–H groups in total. The van der Waals surface area contributed by atoms with Gasteiger partial charge in [-0.1, -0.05) is 42.5 Å². The molecule has 0 saturated carbocycles. The lowest BCUT2D eigenvalue weighted by Gasteiger charge is -2.36. The standard InChI is InChI=1S/C20H21N3O3S/c24-20(21-14-15-8-2-1-3-9-15)17-11-6-7-13-23(17)19-16-10-4-5-12-18(16)27(25,26)22-19/h1-5,8-10,12,17H,6-7,11,13-14H2,(H,21,24)/t17-/m1/s1. The molecule has 0 unspecified atom stereocenters. The van der Waals surface area contributed by atoms with Gasteiger partial charge >= 0.3 is 0 Å². The Kier molecular flexibility index (Phi) is 4.70. The minimum Gasteiger partial charge on any atom is -0.350 e. The van der Waals surface area contributed by atoms with E-state index in [2.05, 4.69) is 9.71 Å². The number of sulfonamides is 1. The summed E-state index contributed by atoms with van der Waals surface area (Å²) in [6, 6.07) is 16.1. The van der Waals surface area contributed by atoms with E-state index in [1.807, 2.05) is 35.2 Å². The topological polar surface area (TPSA) is 78.8 Å². The number of piperidine rings is 1. The van der Waals surface area contributed by atoms with Crippen LogP contribution in [0, 0.1) is 0 Å². The molecule has 2 aromatic rings. The normalized spacial score (nSPS) is 20.7. The van der Waals surface area contributed by atoms with Crippen molar-refractivity contribution in [2.24, 2.45) is 4.40 Å². The van der Waals surface area contributed by atoms with E-state index in [-0.39, 0.29) is 10.8 Å². The van der Waals surface area contributed by atoms with E-state index >= 15 is 0 Å². The number of benzene rings is 2. The van der Waals surface area contributed by atoms with Crippen molar-refractivity contribution in [1.29, 1.82) is 0 Å². The smallest absolute Gasteiger partial charge is 0.285 e. The van der Waals surface area contributed by atoms with Gasteiger partial charge in [0.2, 0.25) is 5.91 Å². The van der Waals surface area contributed by atoms with Crippen LogP contribution >= 0.6 is 0 Å². The zero-order chi connectivity index (χ0) is 18.9. The first-order valence-electron chi connectivity index (χ1n) is 9.09. The van der Waals surface area contributed by atoms with E-state index in [0.29, 0.717) is 30.9 Å². The molecular formula is C20H21N3O3S. The van der Waals surface area contributed by atoms with Gasteiger partial charge in [0, 0.05) is 18.7 Å². The maximum absolute atomic E-state index is 12.9. The fourth-order valence-corrected chi connectivity index (χ4v) is 4.87. The van der Waals surface area contributed by atoms with Crippen LogP contribution in [0.15, 0.2) is 63.9 Å². The zero-order valence-electron chi connectivity index (χ0n) is 14.8. The van der Waals surface area contributed by atoms with Crippen molar-refractivity contribution in [2.45, 2.75) is 36.7 Å². The van der Waals surface area contributed by atoms with Crippen LogP contribution in [0.4, 0.5) is 0 Å². The molecule has 1 fully saturated rings. The maximum atomic E-state index is 12.9. The van der Waals surface area contributed by atoms with Gasteiger partial charge in [-0.05, 0) is 37.0 Å². The highest BCUT2D eigenvalue weighted by Crippen LogP contribution is 2.30. The Hall–Kier alpha value is -2.67. The first-order chi connectivity index (χ1) is 13.1. The van der Waals surface area contributed by atoms with Crippen molar-refractivity contribution in [3.8, 4) is 0 Å². The summed E-state index contributed by atoms with van der Waals surface area (Å²) in [7, 11) is -3.69. The Morgan fingerprint density at radius 1 is 1.07 bits per heavy atom. The Bertz CT molecular complexity index is 987. The molecule has 2 aliphatic rings. The molecule has 2 aliphatic heterocycles. The van der Waals surface area contributed by atoms with Crippen LogP contribution in [0.25, 0.3) is 0 Å². The van der Waals surface area contributed by atoms with E-state index in [0.717, 1.165) is 18.4 Å². The highest BCUT2D eigenvalue weighted by molar-refractivity contribution is 7.90. The van der Waals surface area contributed by atoms with Crippen molar-refractivity contribution in [3.63, 3.8) is 0 Å². The molecule has 2 heterocycles. The van der Waals surface area contributed by atoms with Gasteiger partial charge in [-0.3, -0.25) is 4.79 Å². The molecule has 140 valence electrons. The number of amides is 1.